The number of rotatable bonds is 2. The van der Waals surface area contributed by atoms with E-state index in [4.69, 9.17) is 16.6 Å². The van der Waals surface area contributed by atoms with Crippen molar-refractivity contribution in [1.82, 2.24) is 4.98 Å². The number of anilines is 1. The number of pyridine rings is 1. The first-order chi connectivity index (χ1) is 10.1. The van der Waals surface area contributed by atoms with Gasteiger partial charge in [0.05, 0.1) is 11.6 Å². The lowest BCUT2D eigenvalue weighted by molar-refractivity contribution is 0.635. The molecule has 4 heteroatoms. The highest BCUT2D eigenvalue weighted by Gasteiger charge is 2.25. The summed E-state index contributed by atoms with van der Waals surface area (Å²) in [5, 5.41) is 2.46. The van der Waals surface area contributed by atoms with Gasteiger partial charge in [0.1, 0.15) is 5.82 Å². The van der Waals surface area contributed by atoms with Crippen LogP contribution in [-0.2, 0) is 5.88 Å². The van der Waals surface area contributed by atoms with Crippen LogP contribution in [0.25, 0.3) is 10.8 Å². The van der Waals surface area contributed by atoms with Gasteiger partial charge in [-0.2, -0.15) is 11.8 Å². The molecule has 112 valence electrons. The number of alkyl halides is 1. The van der Waals surface area contributed by atoms with Crippen LogP contribution in [-0.4, -0.2) is 28.6 Å². The highest BCUT2D eigenvalue weighted by atomic mass is 35.5. The Bertz CT molecular complexity index is 642. The number of aromatic nitrogens is 1. The van der Waals surface area contributed by atoms with Crippen LogP contribution in [0.5, 0.6) is 0 Å². The van der Waals surface area contributed by atoms with Gasteiger partial charge in [0.15, 0.2) is 0 Å². The summed E-state index contributed by atoms with van der Waals surface area (Å²) in [6.07, 6.45) is 1.18. The minimum absolute atomic E-state index is 0.356. The van der Waals surface area contributed by atoms with Crippen molar-refractivity contribution in [2.45, 2.75) is 30.9 Å². The molecule has 0 spiro atoms. The van der Waals surface area contributed by atoms with Crippen LogP contribution in [0.1, 0.15) is 26.0 Å². The second kappa shape index (κ2) is 6.05. The normalized spacial score (nSPS) is 18.7. The van der Waals surface area contributed by atoms with Crippen LogP contribution >= 0.6 is 23.4 Å². The van der Waals surface area contributed by atoms with Gasteiger partial charge in [-0.15, -0.1) is 11.6 Å². The molecule has 0 unspecified atom stereocenters. The van der Waals surface area contributed by atoms with E-state index in [2.05, 4.69) is 60.8 Å². The van der Waals surface area contributed by atoms with E-state index in [9.17, 15) is 0 Å². The zero-order valence-corrected chi connectivity index (χ0v) is 14.2. The standard InChI is InChI=1S/C17H21ClN2S/c1-17(2)7-8-20(9-10-21-17)16-15-6-4-3-5-13(15)11-14(12-18)19-16/h3-6,11H,7-10,12H2,1-2H3. The Morgan fingerprint density at radius 2 is 2.10 bits per heavy atom. The van der Waals surface area contributed by atoms with Gasteiger partial charge in [-0.1, -0.05) is 38.1 Å². The third kappa shape index (κ3) is 3.29. The first kappa shape index (κ1) is 15.0. The lowest BCUT2D eigenvalue weighted by atomic mass is 10.1. The SMILES string of the molecule is CC1(C)CCN(c2nc(CCl)cc3ccccc23)CCS1. The summed E-state index contributed by atoms with van der Waals surface area (Å²) in [6.45, 7) is 6.78. The fraction of sp³-hybridized carbons (Fsp3) is 0.471. The van der Waals surface area contributed by atoms with E-state index >= 15 is 0 Å². The number of hydrogen-bond donors (Lipinski definition) is 0. The van der Waals surface area contributed by atoms with E-state index in [-0.39, 0.29) is 0 Å². The van der Waals surface area contributed by atoms with E-state index < -0.39 is 0 Å². The molecule has 1 aromatic heterocycles. The van der Waals surface area contributed by atoms with Crippen molar-refractivity contribution in [1.29, 1.82) is 0 Å². The molecule has 2 aromatic rings. The Morgan fingerprint density at radius 3 is 2.90 bits per heavy atom. The van der Waals surface area contributed by atoms with Gasteiger partial charge in [0, 0.05) is 29.0 Å². The monoisotopic (exact) mass is 320 g/mol. The Balaban J connectivity index is 2.02. The summed E-state index contributed by atoms with van der Waals surface area (Å²) in [5.74, 6) is 2.71. The van der Waals surface area contributed by atoms with Crippen LogP contribution in [0, 0.1) is 0 Å². The van der Waals surface area contributed by atoms with Gasteiger partial charge < -0.3 is 4.90 Å². The maximum absolute atomic E-state index is 6.03. The highest BCUT2D eigenvalue weighted by Crippen LogP contribution is 2.34. The summed E-state index contributed by atoms with van der Waals surface area (Å²) >= 11 is 8.09. The number of halogens is 1. The van der Waals surface area contributed by atoms with Gasteiger partial charge in [-0.3, -0.25) is 0 Å². The van der Waals surface area contributed by atoms with Crippen LogP contribution in [0.15, 0.2) is 30.3 Å². The van der Waals surface area contributed by atoms with Crippen LogP contribution in [0.4, 0.5) is 5.82 Å². The minimum atomic E-state index is 0.356. The van der Waals surface area contributed by atoms with Crippen molar-refractivity contribution in [2.24, 2.45) is 0 Å². The smallest absolute Gasteiger partial charge is 0.136 e. The number of benzene rings is 1. The molecule has 3 rings (SSSR count). The third-order valence-corrected chi connectivity index (χ3v) is 5.69. The predicted octanol–water partition coefficient (Wildman–Crippen LogP) is 4.70. The van der Waals surface area contributed by atoms with E-state index in [1.165, 1.54) is 17.2 Å². The van der Waals surface area contributed by atoms with Crippen LogP contribution in [0.3, 0.4) is 0 Å². The summed E-state index contributed by atoms with van der Waals surface area (Å²) in [4.78, 5) is 7.25. The van der Waals surface area contributed by atoms with Gasteiger partial charge in [-0.05, 0) is 17.9 Å². The largest absolute Gasteiger partial charge is 0.355 e. The Labute approximate surface area is 135 Å². The van der Waals surface area contributed by atoms with Gasteiger partial charge >= 0.3 is 0 Å². The molecule has 0 radical (unpaired) electrons. The summed E-state index contributed by atoms with van der Waals surface area (Å²) in [6, 6.07) is 10.6. The molecule has 2 nitrogen and oxygen atoms in total. The Kier molecular flexibility index (Phi) is 4.32. The average Bonchev–Trinajstić information content (AvgIpc) is 2.67. The quantitative estimate of drug-likeness (QED) is 0.746. The van der Waals surface area contributed by atoms with E-state index in [0.717, 1.165) is 30.4 Å². The fourth-order valence-electron chi connectivity index (χ4n) is 2.78. The molecule has 0 amide bonds. The minimum Gasteiger partial charge on any atom is -0.355 e. The van der Waals surface area contributed by atoms with Crippen molar-refractivity contribution >= 4 is 40.0 Å². The number of nitrogens with zero attached hydrogens (tertiary/aromatic N) is 2. The molecule has 0 aliphatic carbocycles. The second-order valence-corrected chi connectivity index (χ2v) is 8.21. The Morgan fingerprint density at radius 1 is 1.29 bits per heavy atom. The first-order valence-electron chi connectivity index (χ1n) is 7.43. The molecule has 0 N–H and O–H groups in total. The molecule has 21 heavy (non-hydrogen) atoms. The lowest BCUT2D eigenvalue weighted by Crippen LogP contribution is -2.28. The van der Waals surface area contributed by atoms with Crippen molar-refractivity contribution in [3.05, 3.63) is 36.0 Å². The van der Waals surface area contributed by atoms with E-state index in [1.807, 2.05) is 0 Å². The Hall–Kier alpha value is -0.930. The molecule has 1 fully saturated rings. The van der Waals surface area contributed by atoms with Crippen LogP contribution < -0.4 is 4.90 Å². The number of thioether (sulfide) groups is 1. The van der Waals surface area contributed by atoms with Crippen LogP contribution in [0.2, 0.25) is 0 Å². The van der Waals surface area contributed by atoms with Gasteiger partial charge in [0.25, 0.3) is 0 Å². The fourth-order valence-corrected chi connectivity index (χ4v) is 4.01. The molecular weight excluding hydrogens is 300 g/mol. The molecule has 0 saturated carbocycles. The molecule has 1 aliphatic heterocycles. The maximum atomic E-state index is 6.03. The van der Waals surface area contributed by atoms with Crippen molar-refractivity contribution in [3.8, 4) is 0 Å². The predicted molar refractivity (Wildman–Crippen MR) is 94.7 cm³/mol. The van der Waals surface area contributed by atoms with Crippen molar-refractivity contribution in [2.75, 3.05) is 23.7 Å². The lowest BCUT2D eigenvalue weighted by Gasteiger charge is -2.25. The summed E-state index contributed by atoms with van der Waals surface area (Å²) in [5.41, 5.74) is 0.960. The topological polar surface area (TPSA) is 16.1 Å². The zero-order valence-electron chi connectivity index (χ0n) is 12.6. The zero-order chi connectivity index (χ0) is 14.9. The highest BCUT2D eigenvalue weighted by molar-refractivity contribution is 8.00. The van der Waals surface area contributed by atoms with Crippen molar-refractivity contribution in [3.63, 3.8) is 0 Å². The average molecular weight is 321 g/mol. The summed E-state index contributed by atoms with van der Waals surface area (Å²) in [7, 11) is 0. The molecular formula is C17H21ClN2S. The third-order valence-electron chi connectivity index (χ3n) is 4.05. The van der Waals surface area contributed by atoms with Gasteiger partial charge in [-0.25, -0.2) is 4.98 Å². The molecule has 2 heterocycles. The van der Waals surface area contributed by atoms with Crippen molar-refractivity contribution < 1.29 is 0 Å². The van der Waals surface area contributed by atoms with E-state index in [1.54, 1.807) is 0 Å². The molecule has 1 aromatic carbocycles. The number of hydrogen-bond acceptors (Lipinski definition) is 3. The second-order valence-electron chi connectivity index (χ2n) is 6.14. The van der Waals surface area contributed by atoms with Gasteiger partial charge in [0.2, 0.25) is 0 Å². The number of fused-ring (bicyclic) bond motifs is 1. The van der Waals surface area contributed by atoms with E-state index in [0.29, 0.717) is 10.6 Å². The summed E-state index contributed by atoms with van der Waals surface area (Å²) < 4.78 is 0.356. The first-order valence-corrected chi connectivity index (χ1v) is 8.95. The molecule has 0 bridgehead atoms. The molecule has 1 aliphatic rings. The maximum Gasteiger partial charge on any atom is 0.136 e. The molecule has 0 atom stereocenters. The molecule has 1 saturated heterocycles.